The van der Waals surface area contributed by atoms with Crippen LogP contribution < -0.4 is 4.74 Å². The average molecular weight is 531 g/mol. The van der Waals surface area contributed by atoms with Gasteiger partial charge < -0.3 is 9.84 Å². The van der Waals surface area contributed by atoms with Gasteiger partial charge in [0.05, 0.1) is 29.6 Å². The summed E-state index contributed by atoms with van der Waals surface area (Å²) in [5, 5.41) is 10.8. The van der Waals surface area contributed by atoms with Crippen molar-refractivity contribution in [2.24, 2.45) is 5.41 Å². The fourth-order valence-electron chi connectivity index (χ4n) is 4.70. The van der Waals surface area contributed by atoms with Crippen LogP contribution >= 0.6 is 11.6 Å². The summed E-state index contributed by atoms with van der Waals surface area (Å²) in [5.74, 6) is 3.44. The van der Waals surface area contributed by atoms with E-state index in [-0.39, 0.29) is 23.4 Å². The molecule has 1 aliphatic rings. The monoisotopic (exact) mass is 530 g/mol. The molecule has 1 fully saturated rings. The number of carboxylic acids is 1. The normalized spacial score (nSPS) is 16.1. The molecule has 1 aromatic heterocycles. The molecule has 9 heteroatoms. The van der Waals surface area contributed by atoms with Crippen molar-refractivity contribution in [2.45, 2.75) is 31.9 Å². The number of ether oxygens (including phenoxy) is 1. The number of pyridine rings is 1. The number of piperidine rings is 1. The number of aromatic nitrogens is 1. The minimum atomic E-state index is -1.47. The Bertz CT molecular complexity index is 1360. The lowest BCUT2D eigenvalue weighted by Crippen LogP contribution is -2.44. The van der Waals surface area contributed by atoms with Crippen LogP contribution in [-0.2, 0) is 4.79 Å². The zero-order chi connectivity index (χ0) is 26.6. The molecule has 2 aromatic carbocycles. The number of halogens is 4. The molecule has 5 nitrogen and oxygen atoms in total. The van der Waals surface area contributed by atoms with Crippen molar-refractivity contribution in [1.82, 2.24) is 9.88 Å². The van der Waals surface area contributed by atoms with Gasteiger partial charge in [-0.15, -0.1) is 0 Å². The van der Waals surface area contributed by atoms with E-state index in [1.54, 1.807) is 18.2 Å². The Morgan fingerprint density at radius 2 is 1.97 bits per heavy atom. The van der Waals surface area contributed by atoms with Gasteiger partial charge in [-0.25, -0.2) is 13.2 Å². The quantitative estimate of drug-likeness (QED) is 0.369. The summed E-state index contributed by atoms with van der Waals surface area (Å²) in [6.45, 7) is 1.32. The average Bonchev–Trinajstić information content (AvgIpc) is 2.89. The van der Waals surface area contributed by atoms with Gasteiger partial charge in [-0.1, -0.05) is 23.4 Å². The minimum absolute atomic E-state index is 0.00171. The summed E-state index contributed by atoms with van der Waals surface area (Å²) in [6.07, 6.45) is 0.785. The van der Waals surface area contributed by atoms with E-state index in [0.29, 0.717) is 54.7 Å². The molecule has 0 amide bonds. The number of aliphatic carboxylic acids is 1. The molecule has 0 aliphatic carbocycles. The van der Waals surface area contributed by atoms with Gasteiger partial charge in [0, 0.05) is 35.8 Å². The van der Waals surface area contributed by atoms with E-state index in [2.05, 4.69) is 16.8 Å². The summed E-state index contributed by atoms with van der Waals surface area (Å²) < 4.78 is 47.2. The molecular formula is C28H26ClF3N2O3. The lowest BCUT2D eigenvalue weighted by Gasteiger charge is -2.38. The van der Waals surface area contributed by atoms with Gasteiger partial charge in [0.2, 0.25) is 0 Å². The second-order valence-corrected chi connectivity index (χ2v) is 9.61. The first-order valence-electron chi connectivity index (χ1n) is 11.9. The number of carboxylic acid groups (broad SMARTS) is 1. The maximum atomic E-state index is 15.6. The van der Waals surface area contributed by atoms with Crippen LogP contribution in [0.3, 0.4) is 0 Å². The molecule has 0 bridgehead atoms. The molecular weight excluding hydrogens is 505 g/mol. The van der Waals surface area contributed by atoms with Gasteiger partial charge in [-0.3, -0.25) is 14.7 Å². The molecule has 4 rings (SSSR count). The number of methoxy groups -OCH3 is 1. The Kier molecular flexibility index (Phi) is 8.25. The molecule has 0 unspecified atom stereocenters. The second kappa shape index (κ2) is 11.4. The molecule has 37 heavy (non-hydrogen) atoms. The van der Waals surface area contributed by atoms with Crippen LogP contribution in [0.25, 0.3) is 10.9 Å². The highest BCUT2D eigenvalue weighted by atomic mass is 35.5. The van der Waals surface area contributed by atoms with Crippen LogP contribution in [0, 0.1) is 28.9 Å². The van der Waals surface area contributed by atoms with Gasteiger partial charge in [0.1, 0.15) is 11.9 Å². The molecule has 1 aliphatic heterocycles. The summed E-state index contributed by atoms with van der Waals surface area (Å²) in [4.78, 5) is 18.5. The lowest BCUT2D eigenvalue weighted by molar-refractivity contribution is -0.152. The fourth-order valence-corrected chi connectivity index (χ4v) is 4.97. The smallest absolute Gasteiger partial charge is 0.309 e. The highest BCUT2D eigenvalue weighted by molar-refractivity contribution is 6.32. The number of hydrogen-bond donors (Lipinski definition) is 1. The predicted octanol–water partition coefficient (Wildman–Crippen LogP) is 6.18. The Morgan fingerprint density at radius 1 is 1.22 bits per heavy atom. The van der Waals surface area contributed by atoms with E-state index in [1.165, 1.54) is 19.4 Å². The topological polar surface area (TPSA) is 62.7 Å². The van der Waals surface area contributed by atoms with Crippen molar-refractivity contribution >= 4 is 28.5 Å². The number of likely N-dealkylation sites (tertiary alicyclic amines) is 1. The number of carbonyl (C=O) groups is 1. The first kappa shape index (κ1) is 26.8. The summed E-state index contributed by atoms with van der Waals surface area (Å²) in [6, 6.07) is 8.61. The van der Waals surface area contributed by atoms with E-state index < -0.39 is 29.2 Å². The maximum Gasteiger partial charge on any atom is 0.309 e. The van der Waals surface area contributed by atoms with E-state index in [1.807, 2.05) is 4.90 Å². The first-order valence-corrected chi connectivity index (χ1v) is 12.3. The number of rotatable bonds is 7. The van der Waals surface area contributed by atoms with Crippen molar-refractivity contribution in [1.29, 1.82) is 0 Å². The highest BCUT2D eigenvalue weighted by Gasteiger charge is 2.41. The molecule has 2 heterocycles. The number of alkyl halides is 1. The van der Waals surface area contributed by atoms with Crippen molar-refractivity contribution in [3.63, 3.8) is 0 Å². The van der Waals surface area contributed by atoms with Gasteiger partial charge in [-0.05, 0) is 62.1 Å². The summed E-state index contributed by atoms with van der Waals surface area (Å²) in [7, 11) is 1.52. The molecule has 1 saturated heterocycles. The van der Waals surface area contributed by atoms with Crippen molar-refractivity contribution in [2.75, 3.05) is 26.7 Å². The lowest BCUT2D eigenvalue weighted by atomic mass is 9.74. The van der Waals surface area contributed by atoms with Crippen molar-refractivity contribution in [3.05, 3.63) is 70.4 Å². The Morgan fingerprint density at radius 3 is 2.65 bits per heavy atom. The SMILES string of the molecule is COc1ccc2ncc(Cl)c([C@@H](F)CCC3(C(=O)O)CCN(CC#Cc4ccc(F)c(F)c4)CC3)c2c1. The van der Waals surface area contributed by atoms with Gasteiger partial charge in [0.15, 0.2) is 11.6 Å². The Hall–Kier alpha value is -3.28. The van der Waals surface area contributed by atoms with Gasteiger partial charge >= 0.3 is 5.97 Å². The first-order chi connectivity index (χ1) is 17.7. The maximum absolute atomic E-state index is 15.6. The molecule has 1 N–H and O–H groups in total. The predicted molar refractivity (Wildman–Crippen MR) is 135 cm³/mol. The number of benzene rings is 2. The number of nitrogens with zero attached hydrogens (tertiary/aromatic N) is 2. The molecule has 0 saturated carbocycles. The van der Waals surface area contributed by atoms with Crippen LogP contribution in [-0.4, -0.2) is 47.7 Å². The summed E-state index contributed by atoms with van der Waals surface area (Å²) >= 11 is 6.32. The van der Waals surface area contributed by atoms with Gasteiger partial charge in [-0.2, -0.15) is 0 Å². The van der Waals surface area contributed by atoms with E-state index >= 15 is 4.39 Å². The second-order valence-electron chi connectivity index (χ2n) is 9.20. The molecule has 1 atom stereocenters. The van der Waals surface area contributed by atoms with Crippen molar-refractivity contribution < 1.29 is 27.8 Å². The molecule has 194 valence electrons. The van der Waals surface area contributed by atoms with E-state index in [9.17, 15) is 18.7 Å². The number of fused-ring (bicyclic) bond motifs is 1. The van der Waals surface area contributed by atoms with Crippen LogP contribution in [0.1, 0.15) is 43.0 Å². The third kappa shape index (κ3) is 6.00. The standard InChI is InChI=1S/C28H26ClF3N2O3/c1-37-19-5-7-25-20(16-19)26(21(29)17-33-25)23(31)8-9-28(27(35)36)10-13-34(14-11-28)12-2-3-18-4-6-22(30)24(32)15-18/h4-7,15-17,23H,8-14H2,1H3,(H,35,36)/t23-/m0/s1. The summed E-state index contributed by atoms with van der Waals surface area (Å²) in [5.41, 5.74) is 0.177. The molecule has 3 aromatic rings. The molecule has 0 spiro atoms. The zero-order valence-electron chi connectivity index (χ0n) is 20.2. The highest BCUT2D eigenvalue weighted by Crippen LogP contribution is 2.42. The number of hydrogen-bond acceptors (Lipinski definition) is 4. The fraction of sp³-hybridized carbons (Fsp3) is 0.357. The van der Waals surface area contributed by atoms with Crippen LogP contribution in [0.2, 0.25) is 5.02 Å². The third-order valence-electron chi connectivity index (χ3n) is 6.98. The Balaban J connectivity index is 1.41. The zero-order valence-corrected chi connectivity index (χ0v) is 21.0. The van der Waals surface area contributed by atoms with Crippen LogP contribution in [0.15, 0.2) is 42.6 Å². The largest absolute Gasteiger partial charge is 0.497 e. The molecule has 0 radical (unpaired) electrons. The minimum Gasteiger partial charge on any atom is -0.497 e. The Labute approximate surface area is 218 Å². The van der Waals surface area contributed by atoms with Crippen molar-refractivity contribution in [3.8, 4) is 17.6 Å². The van der Waals surface area contributed by atoms with Crippen LogP contribution in [0.5, 0.6) is 5.75 Å². The third-order valence-corrected chi connectivity index (χ3v) is 7.28. The van der Waals surface area contributed by atoms with E-state index in [0.717, 1.165) is 12.1 Å². The van der Waals surface area contributed by atoms with Gasteiger partial charge in [0.25, 0.3) is 0 Å². The van der Waals surface area contributed by atoms with E-state index in [4.69, 9.17) is 16.3 Å². The van der Waals surface area contributed by atoms with Crippen LogP contribution in [0.4, 0.5) is 13.2 Å².